The summed E-state index contributed by atoms with van der Waals surface area (Å²) in [6.45, 7) is 5.43. The molecule has 2 aliphatic heterocycles. The van der Waals surface area contributed by atoms with Gasteiger partial charge in [-0.2, -0.15) is 0 Å². The highest BCUT2D eigenvalue weighted by molar-refractivity contribution is 7.11. The molecule has 0 radical (unpaired) electrons. The Balaban J connectivity index is 1.24. The number of pyridine rings is 1. The van der Waals surface area contributed by atoms with Crippen LogP contribution in [0.25, 0.3) is 0 Å². The minimum absolute atomic E-state index is 0.110. The molecular formula is C32H42N6O4S. The Labute approximate surface area is 257 Å². The number of amides is 4. The molecule has 2 aliphatic carbocycles. The molecule has 2 aromatic heterocycles. The average molecular weight is 607 g/mol. The van der Waals surface area contributed by atoms with Gasteiger partial charge in [0.15, 0.2) is 6.04 Å². The molecule has 1 unspecified atom stereocenters. The van der Waals surface area contributed by atoms with Gasteiger partial charge in [0.05, 0.1) is 23.3 Å². The number of aromatic nitrogens is 2. The summed E-state index contributed by atoms with van der Waals surface area (Å²) in [6, 6.07) is 4.76. The van der Waals surface area contributed by atoms with E-state index in [-0.39, 0.29) is 30.2 Å². The van der Waals surface area contributed by atoms with Crippen LogP contribution >= 0.6 is 11.3 Å². The minimum atomic E-state index is -0.962. The maximum atomic E-state index is 14.1. The molecule has 4 amide bonds. The lowest BCUT2D eigenvalue weighted by Crippen LogP contribution is -2.66. The standard InChI is InChI=1S/C32H42N6O4S/c1-31(2,21-12-13-21)30(42)38-17-32(18-38)16-37(29(41)25-14-34-19-43-25)15-22(32)27(39)36-26(28(40)33-3)24-11-7-10-23(35-24)20-8-5-4-6-9-20/h7,10-11,14,19-22,26H,4-6,8-9,12-13,15-18H2,1-3H3,(H,33,40)(H,36,39)/t22-,26?/m0/s1. The van der Waals surface area contributed by atoms with Crippen LogP contribution in [0.2, 0.25) is 0 Å². The first-order valence-corrected chi connectivity index (χ1v) is 16.5. The minimum Gasteiger partial charge on any atom is -0.357 e. The monoisotopic (exact) mass is 606 g/mol. The molecule has 2 saturated heterocycles. The number of likely N-dealkylation sites (N-methyl/N-ethyl adjacent to an activating group) is 1. The van der Waals surface area contributed by atoms with Crippen LogP contribution in [0, 0.1) is 22.7 Å². The van der Waals surface area contributed by atoms with Gasteiger partial charge >= 0.3 is 0 Å². The molecule has 230 valence electrons. The molecule has 4 aliphatic rings. The van der Waals surface area contributed by atoms with Crippen molar-refractivity contribution in [2.45, 2.75) is 70.8 Å². The molecule has 1 spiro atoms. The summed E-state index contributed by atoms with van der Waals surface area (Å²) >= 11 is 1.27. The maximum Gasteiger partial charge on any atom is 0.265 e. The van der Waals surface area contributed by atoms with Crippen LogP contribution in [0.5, 0.6) is 0 Å². The first-order chi connectivity index (χ1) is 20.6. The number of thiazole rings is 1. The second kappa shape index (κ2) is 11.6. The number of nitrogens with one attached hydrogen (secondary N) is 2. The Morgan fingerprint density at radius 3 is 2.40 bits per heavy atom. The molecule has 0 bridgehead atoms. The summed E-state index contributed by atoms with van der Waals surface area (Å²) in [5.41, 5.74) is 2.08. The number of rotatable bonds is 8. The number of hydrogen-bond acceptors (Lipinski definition) is 7. The molecule has 6 rings (SSSR count). The highest BCUT2D eigenvalue weighted by Gasteiger charge is 2.61. The largest absolute Gasteiger partial charge is 0.357 e. The molecule has 4 heterocycles. The Hall–Kier alpha value is -3.34. The Morgan fingerprint density at radius 1 is 1.02 bits per heavy atom. The summed E-state index contributed by atoms with van der Waals surface area (Å²) < 4.78 is 0. The Bertz CT molecular complexity index is 1380. The third kappa shape index (κ3) is 5.68. The zero-order chi connectivity index (χ0) is 30.4. The average Bonchev–Trinajstić information content (AvgIpc) is 3.58. The molecule has 2 aromatic rings. The molecule has 0 aromatic carbocycles. The van der Waals surface area contributed by atoms with Crippen molar-refractivity contribution in [1.82, 2.24) is 30.4 Å². The smallest absolute Gasteiger partial charge is 0.265 e. The predicted molar refractivity (Wildman–Crippen MR) is 162 cm³/mol. The number of carbonyl (C=O) groups excluding carboxylic acids is 4. The highest BCUT2D eigenvalue weighted by atomic mass is 32.1. The second-order valence-corrected chi connectivity index (χ2v) is 14.4. The molecular weight excluding hydrogens is 564 g/mol. The van der Waals surface area contributed by atoms with Crippen LogP contribution in [0.1, 0.15) is 91.8 Å². The van der Waals surface area contributed by atoms with Gasteiger partial charge in [-0.15, -0.1) is 11.3 Å². The van der Waals surface area contributed by atoms with Crippen molar-refractivity contribution < 1.29 is 19.2 Å². The third-order valence-electron chi connectivity index (χ3n) is 10.2. The lowest BCUT2D eigenvalue weighted by Gasteiger charge is -2.52. The fourth-order valence-corrected chi connectivity index (χ4v) is 8.03. The number of nitrogens with zero attached hydrogens (tertiary/aromatic N) is 4. The molecule has 43 heavy (non-hydrogen) atoms. The summed E-state index contributed by atoms with van der Waals surface area (Å²) in [7, 11) is 1.55. The third-order valence-corrected chi connectivity index (χ3v) is 11.0. The van der Waals surface area contributed by atoms with Crippen molar-refractivity contribution in [2.24, 2.45) is 22.7 Å². The topological polar surface area (TPSA) is 125 Å². The Kier molecular flexibility index (Phi) is 8.04. The van der Waals surface area contributed by atoms with Crippen LogP contribution in [-0.2, 0) is 14.4 Å². The van der Waals surface area contributed by atoms with E-state index < -0.39 is 22.8 Å². The van der Waals surface area contributed by atoms with E-state index >= 15 is 0 Å². The van der Waals surface area contributed by atoms with E-state index in [4.69, 9.17) is 4.98 Å². The predicted octanol–water partition coefficient (Wildman–Crippen LogP) is 3.53. The summed E-state index contributed by atoms with van der Waals surface area (Å²) in [6.07, 6.45) is 9.42. The number of likely N-dealkylation sites (tertiary alicyclic amines) is 2. The lowest BCUT2D eigenvalue weighted by molar-refractivity contribution is -0.158. The molecule has 11 heteroatoms. The van der Waals surface area contributed by atoms with Gasteiger partial charge in [-0.3, -0.25) is 29.1 Å². The summed E-state index contributed by atoms with van der Waals surface area (Å²) in [5, 5.41) is 5.70. The van der Waals surface area contributed by atoms with Gasteiger partial charge in [0.1, 0.15) is 4.88 Å². The van der Waals surface area contributed by atoms with Crippen LogP contribution in [0.3, 0.4) is 0 Å². The summed E-state index contributed by atoms with van der Waals surface area (Å²) in [5.74, 6) is -0.518. The van der Waals surface area contributed by atoms with E-state index in [9.17, 15) is 19.2 Å². The van der Waals surface area contributed by atoms with Gasteiger partial charge < -0.3 is 20.4 Å². The van der Waals surface area contributed by atoms with Gasteiger partial charge in [0.2, 0.25) is 17.7 Å². The van der Waals surface area contributed by atoms with Gasteiger partial charge in [-0.1, -0.05) is 39.2 Å². The zero-order valence-electron chi connectivity index (χ0n) is 25.3. The van der Waals surface area contributed by atoms with Crippen molar-refractivity contribution in [3.8, 4) is 0 Å². The molecule has 2 N–H and O–H groups in total. The van der Waals surface area contributed by atoms with Crippen molar-refractivity contribution >= 4 is 35.0 Å². The van der Waals surface area contributed by atoms with E-state index in [0.717, 1.165) is 31.4 Å². The van der Waals surface area contributed by atoms with Crippen molar-refractivity contribution in [1.29, 1.82) is 0 Å². The fourth-order valence-electron chi connectivity index (χ4n) is 7.44. The van der Waals surface area contributed by atoms with Gasteiger partial charge in [-0.25, -0.2) is 0 Å². The maximum absolute atomic E-state index is 14.1. The van der Waals surface area contributed by atoms with Crippen molar-refractivity contribution in [2.75, 3.05) is 33.2 Å². The number of hydrogen-bond donors (Lipinski definition) is 2. The van der Waals surface area contributed by atoms with Gasteiger partial charge in [0, 0.05) is 55.7 Å². The number of carbonyl (C=O) groups is 4. The van der Waals surface area contributed by atoms with Crippen molar-refractivity contribution in [3.05, 3.63) is 46.2 Å². The highest BCUT2D eigenvalue weighted by Crippen LogP contribution is 2.50. The quantitative estimate of drug-likeness (QED) is 0.474. The van der Waals surface area contributed by atoms with E-state index in [1.807, 2.05) is 30.9 Å². The lowest BCUT2D eigenvalue weighted by atomic mass is 9.69. The second-order valence-electron chi connectivity index (χ2n) is 13.5. The fraction of sp³-hybridized carbons (Fsp3) is 0.625. The van der Waals surface area contributed by atoms with Crippen LogP contribution in [0.4, 0.5) is 0 Å². The van der Waals surface area contributed by atoms with Gasteiger partial charge in [0.25, 0.3) is 5.91 Å². The zero-order valence-corrected chi connectivity index (χ0v) is 26.1. The molecule has 2 saturated carbocycles. The molecule has 10 nitrogen and oxygen atoms in total. The Morgan fingerprint density at radius 2 is 1.74 bits per heavy atom. The van der Waals surface area contributed by atoms with Crippen LogP contribution in [0.15, 0.2) is 29.9 Å². The van der Waals surface area contributed by atoms with E-state index in [0.29, 0.717) is 42.0 Å². The molecule has 2 atom stereocenters. The van der Waals surface area contributed by atoms with E-state index in [1.165, 1.54) is 30.6 Å². The first kappa shape index (κ1) is 29.7. The van der Waals surface area contributed by atoms with Gasteiger partial charge in [-0.05, 0) is 43.7 Å². The first-order valence-electron chi connectivity index (χ1n) is 15.6. The SMILES string of the molecule is CNC(=O)C(NC(=O)[C@@H]1CN(C(=O)c2cncs2)CC12CN(C(=O)C(C)(C)C1CC1)C2)c1cccc(C2CCCCC2)n1. The van der Waals surface area contributed by atoms with Crippen LogP contribution < -0.4 is 10.6 Å². The van der Waals surface area contributed by atoms with E-state index in [1.54, 1.807) is 29.7 Å². The van der Waals surface area contributed by atoms with E-state index in [2.05, 4.69) is 15.6 Å². The normalized spacial score (nSPS) is 22.6. The van der Waals surface area contributed by atoms with Crippen molar-refractivity contribution in [3.63, 3.8) is 0 Å². The summed E-state index contributed by atoms with van der Waals surface area (Å²) in [4.78, 5) is 67.1. The van der Waals surface area contributed by atoms with Crippen LogP contribution in [-0.4, -0.2) is 76.6 Å². The molecule has 4 fully saturated rings.